The Balaban J connectivity index is 2.04. The molecule has 0 aromatic heterocycles. The summed E-state index contributed by atoms with van der Waals surface area (Å²) in [5, 5.41) is 1.86. The van der Waals surface area contributed by atoms with Gasteiger partial charge in [0.25, 0.3) is 5.91 Å². The van der Waals surface area contributed by atoms with Gasteiger partial charge in [0.2, 0.25) is 6.10 Å². The number of carbonyl (C=O) groups is 3. The summed E-state index contributed by atoms with van der Waals surface area (Å²) in [4.78, 5) is 34.8. The molecule has 3 N–H and O–H groups in total. The summed E-state index contributed by atoms with van der Waals surface area (Å²) in [6.07, 6.45) is -1.38. The maximum Gasteiger partial charge on any atom is 0.345 e. The first kappa shape index (κ1) is 17.9. The average Bonchev–Trinajstić information content (AvgIpc) is 2.58. The SMILES string of the molecule is NC(=O)NC(=O)[C@@H](OC(=O)COc1cccc(F)c1)c1ccccc1. The molecule has 2 aromatic rings. The predicted octanol–water partition coefficient (Wildman–Crippen LogP) is 1.68. The highest BCUT2D eigenvalue weighted by Gasteiger charge is 2.26. The van der Waals surface area contributed by atoms with E-state index in [0.29, 0.717) is 5.56 Å². The molecule has 2 rings (SSSR count). The smallest absolute Gasteiger partial charge is 0.345 e. The van der Waals surface area contributed by atoms with Crippen molar-refractivity contribution >= 4 is 17.9 Å². The fourth-order valence-electron chi connectivity index (χ4n) is 1.95. The number of nitrogens with one attached hydrogen (secondary N) is 1. The van der Waals surface area contributed by atoms with E-state index in [-0.39, 0.29) is 5.75 Å². The number of primary amides is 1. The zero-order chi connectivity index (χ0) is 18.2. The molecule has 130 valence electrons. The summed E-state index contributed by atoms with van der Waals surface area (Å²) in [5.74, 6) is -2.15. The van der Waals surface area contributed by atoms with Gasteiger partial charge >= 0.3 is 12.0 Å². The van der Waals surface area contributed by atoms with Crippen LogP contribution in [0.3, 0.4) is 0 Å². The van der Waals surface area contributed by atoms with Crippen LogP contribution in [-0.2, 0) is 14.3 Å². The second-order valence-electron chi connectivity index (χ2n) is 4.88. The third-order valence-electron chi connectivity index (χ3n) is 2.99. The van der Waals surface area contributed by atoms with Crippen LogP contribution < -0.4 is 15.8 Å². The molecule has 3 amide bonds. The molecule has 0 aliphatic heterocycles. The third-order valence-corrected chi connectivity index (χ3v) is 2.99. The highest BCUT2D eigenvalue weighted by Crippen LogP contribution is 2.18. The van der Waals surface area contributed by atoms with Gasteiger partial charge in [-0.1, -0.05) is 36.4 Å². The highest BCUT2D eigenvalue weighted by molar-refractivity contribution is 5.97. The Morgan fingerprint density at radius 2 is 1.80 bits per heavy atom. The van der Waals surface area contributed by atoms with Crippen LogP contribution in [0.15, 0.2) is 54.6 Å². The van der Waals surface area contributed by atoms with Crippen molar-refractivity contribution in [3.8, 4) is 5.75 Å². The molecule has 0 radical (unpaired) electrons. The van der Waals surface area contributed by atoms with E-state index in [4.69, 9.17) is 15.2 Å². The Morgan fingerprint density at radius 1 is 1.08 bits per heavy atom. The standard InChI is InChI=1S/C17H15FN2O5/c18-12-7-4-8-13(9-12)24-10-14(21)25-15(16(22)20-17(19)23)11-5-2-1-3-6-11/h1-9,15H,10H2,(H3,19,20,22,23)/t15-/m0/s1. The lowest BCUT2D eigenvalue weighted by molar-refractivity contribution is -0.158. The topological polar surface area (TPSA) is 108 Å². The van der Waals surface area contributed by atoms with Crippen molar-refractivity contribution in [2.75, 3.05) is 6.61 Å². The third kappa shape index (κ3) is 5.61. The summed E-state index contributed by atoms with van der Waals surface area (Å²) < 4.78 is 23.2. The van der Waals surface area contributed by atoms with Crippen molar-refractivity contribution in [3.63, 3.8) is 0 Å². The summed E-state index contributed by atoms with van der Waals surface area (Å²) in [6.45, 7) is -0.545. The average molecular weight is 346 g/mol. The minimum absolute atomic E-state index is 0.134. The molecule has 1 atom stereocenters. The fourth-order valence-corrected chi connectivity index (χ4v) is 1.95. The van der Waals surface area contributed by atoms with Crippen molar-refractivity contribution in [2.45, 2.75) is 6.10 Å². The summed E-state index contributed by atoms with van der Waals surface area (Å²) in [6, 6.07) is 12.2. The van der Waals surface area contributed by atoms with Crippen molar-refractivity contribution in [3.05, 3.63) is 66.0 Å². The van der Waals surface area contributed by atoms with Crippen LogP contribution >= 0.6 is 0 Å². The predicted molar refractivity (Wildman–Crippen MR) is 84.9 cm³/mol. The Labute approximate surface area is 142 Å². The van der Waals surface area contributed by atoms with E-state index in [1.165, 1.54) is 18.2 Å². The Kier molecular flexibility index (Phi) is 6.05. The second-order valence-corrected chi connectivity index (χ2v) is 4.88. The molecule has 2 aromatic carbocycles. The largest absolute Gasteiger partial charge is 0.482 e. The van der Waals surface area contributed by atoms with E-state index < -0.39 is 36.4 Å². The highest BCUT2D eigenvalue weighted by atomic mass is 19.1. The molecule has 0 fully saturated rings. The van der Waals surface area contributed by atoms with Crippen molar-refractivity contribution < 1.29 is 28.2 Å². The quantitative estimate of drug-likeness (QED) is 0.774. The first-order chi connectivity index (χ1) is 12.0. The maximum absolute atomic E-state index is 13.1. The van der Waals surface area contributed by atoms with E-state index >= 15 is 0 Å². The number of amides is 3. The molecular formula is C17H15FN2O5. The minimum atomic E-state index is -1.38. The molecule has 7 nitrogen and oxygen atoms in total. The summed E-state index contributed by atoms with van der Waals surface area (Å²) in [5.41, 5.74) is 5.26. The number of hydrogen-bond acceptors (Lipinski definition) is 5. The van der Waals surface area contributed by atoms with Crippen LogP contribution in [0.25, 0.3) is 0 Å². The normalized spacial score (nSPS) is 11.2. The number of hydrogen-bond donors (Lipinski definition) is 2. The fraction of sp³-hybridized carbons (Fsp3) is 0.118. The van der Waals surface area contributed by atoms with E-state index in [2.05, 4.69) is 0 Å². The molecule has 0 bridgehead atoms. The molecule has 25 heavy (non-hydrogen) atoms. The summed E-state index contributed by atoms with van der Waals surface area (Å²) in [7, 11) is 0. The zero-order valence-electron chi connectivity index (χ0n) is 13.0. The Hall–Kier alpha value is -3.42. The van der Waals surface area contributed by atoms with E-state index in [9.17, 15) is 18.8 Å². The van der Waals surface area contributed by atoms with Gasteiger partial charge in [0.1, 0.15) is 11.6 Å². The van der Waals surface area contributed by atoms with Crippen LogP contribution in [-0.4, -0.2) is 24.5 Å². The van der Waals surface area contributed by atoms with Crippen LogP contribution in [0, 0.1) is 5.82 Å². The number of urea groups is 1. The number of ether oxygens (including phenoxy) is 2. The number of esters is 1. The molecule has 0 aliphatic carbocycles. The van der Waals surface area contributed by atoms with Gasteiger partial charge in [0.05, 0.1) is 0 Å². The number of halogens is 1. The van der Waals surface area contributed by atoms with E-state index in [0.717, 1.165) is 6.07 Å². The number of imide groups is 1. The second kappa shape index (κ2) is 8.44. The Morgan fingerprint density at radius 3 is 2.44 bits per heavy atom. The van der Waals surface area contributed by atoms with Gasteiger partial charge in [-0.2, -0.15) is 0 Å². The number of nitrogens with two attached hydrogens (primary N) is 1. The number of carbonyl (C=O) groups excluding carboxylic acids is 3. The summed E-state index contributed by atoms with van der Waals surface area (Å²) >= 11 is 0. The van der Waals surface area contributed by atoms with Gasteiger partial charge in [-0.3, -0.25) is 10.1 Å². The van der Waals surface area contributed by atoms with Gasteiger partial charge in [-0.15, -0.1) is 0 Å². The van der Waals surface area contributed by atoms with E-state index in [1.54, 1.807) is 30.3 Å². The number of rotatable bonds is 6. The van der Waals surface area contributed by atoms with Gasteiger partial charge in [0.15, 0.2) is 6.61 Å². The first-order valence-corrected chi connectivity index (χ1v) is 7.19. The molecule has 0 saturated carbocycles. The van der Waals surface area contributed by atoms with Crippen LogP contribution in [0.5, 0.6) is 5.75 Å². The monoisotopic (exact) mass is 346 g/mol. The molecule has 0 spiro atoms. The van der Waals surface area contributed by atoms with E-state index in [1.807, 2.05) is 5.32 Å². The van der Waals surface area contributed by atoms with Crippen molar-refractivity contribution in [1.82, 2.24) is 5.32 Å². The van der Waals surface area contributed by atoms with Gasteiger partial charge in [-0.25, -0.2) is 14.0 Å². The van der Waals surface area contributed by atoms with Gasteiger partial charge in [0, 0.05) is 11.6 Å². The number of benzene rings is 2. The molecule has 0 heterocycles. The molecule has 0 saturated heterocycles. The maximum atomic E-state index is 13.1. The van der Waals surface area contributed by atoms with Crippen molar-refractivity contribution in [1.29, 1.82) is 0 Å². The van der Waals surface area contributed by atoms with Gasteiger partial charge in [-0.05, 0) is 12.1 Å². The van der Waals surface area contributed by atoms with Gasteiger partial charge < -0.3 is 15.2 Å². The van der Waals surface area contributed by atoms with Crippen LogP contribution in [0.1, 0.15) is 11.7 Å². The lowest BCUT2D eigenvalue weighted by atomic mass is 10.1. The Bertz CT molecular complexity index is 767. The van der Waals surface area contributed by atoms with Crippen LogP contribution in [0.4, 0.5) is 9.18 Å². The lowest BCUT2D eigenvalue weighted by Gasteiger charge is -2.17. The van der Waals surface area contributed by atoms with Crippen LogP contribution in [0.2, 0.25) is 0 Å². The zero-order valence-corrected chi connectivity index (χ0v) is 13.0. The minimum Gasteiger partial charge on any atom is -0.482 e. The molecule has 0 aliphatic rings. The molecular weight excluding hydrogens is 331 g/mol. The molecule has 0 unspecified atom stereocenters. The lowest BCUT2D eigenvalue weighted by Crippen LogP contribution is -2.40. The molecule has 8 heteroatoms. The van der Waals surface area contributed by atoms with Crippen molar-refractivity contribution in [2.24, 2.45) is 5.73 Å². The first-order valence-electron chi connectivity index (χ1n) is 7.19.